The second kappa shape index (κ2) is 18.7. The molecular weight excluding hydrogens is 633 g/mol. The van der Waals surface area contributed by atoms with Crippen molar-refractivity contribution < 1.29 is 32.6 Å². The number of alkyl halides is 3. The Labute approximate surface area is 285 Å². The molecule has 0 bridgehead atoms. The van der Waals surface area contributed by atoms with Crippen molar-refractivity contribution in [1.82, 2.24) is 15.1 Å². The highest BCUT2D eigenvalue weighted by Gasteiger charge is 2.38. The van der Waals surface area contributed by atoms with Gasteiger partial charge < -0.3 is 25.4 Å². The number of anilines is 1. The average Bonchev–Trinajstić information content (AvgIpc) is 3.10. The molecule has 0 saturated carbocycles. The predicted octanol–water partition coefficient (Wildman–Crippen LogP) is 7.42. The van der Waals surface area contributed by atoms with Crippen LogP contribution in [-0.2, 0) is 29.2 Å². The topological polar surface area (TPSA) is 94.1 Å². The van der Waals surface area contributed by atoms with Gasteiger partial charge in [0.25, 0.3) is 0 Å². The van der Waals surface area contributed by atoms with Gasteiger partial charge >= 0.3 is 18.2 Å². The second-order valence-corrected chi connectivity index (χ2v) is 11.8. The number of nitrogens with zero attached hydrogens (tertiary/aromatic N) is 2. The van der Waals surface area contributed by atoms with Gasteiger partial charge in [0.15, 0.2) is 0 Å². The van der Waals surface area contributed by atoms with Crippen LogP contribution >= 0.6 is 0 Å². The van der Waals surface area contributed by atoms with Crippen LogP contribution in [-0.4, -0.2) is 72.5 Å². The quantitative estimate of drug-likeness (QED) is 0.135. The Morgan fingerprint density at radius 3 is 1.98 bits per heavy atom. The van der Waals surface area contributed by atoms with E-state index in [1.165, 1.54) is 16.7 Å². The maximum atomic E-state index is 13.7. The van der Waals surface area contributed by atoms with Gasteiger partial charge in [-0.15, -0.1) is 0 Å². The number of likely N-dealkylation sites (tertiary alicyclic amines) is 1. The Bertz CT molecular complexity index is 1600. The minimum atomic E-state index is -5.08. The number of carbonyl (C=O) groups is 2. The zero-order valence-corrected chi connectivity index (χ0v) is 27.5. The van der Waals surface area contributed by atoms with E-state index in [1.54, 1.807) is 7.11 Å². The van der Waals surface area contributed by atoms with Gasteiger partial charge in [-0.2, -0.15) is 13.2 Å². The number of carboxylic acid groups (broad SMARTS) is 1. The van der Waals surface area contributed by atoms with Crippen LogP contribution in [0.5, 0.6) is 0 Å². The number of piperidine rings is 1. The fourth-order valence-electron chi connectivity index (χ4n) is 5.63. The lowest BCUT2D eigenvalue weighted by atomic mass is 9.99. The lowest BCUT2D eigenvalue weighted by molar-refractivity contribution is -0.192. The third-order valence-electron chi connectivity index (χ3n) is 8.13. The van der Waals surface area contributed by atoms with Crippen molar-refractivity contribution in [3.63, 3.8) is 0 Å². The number of aliphatic carboxylic acids is 1. The minimum absolute atomic E-state index is 0.0442. The van der Waals surface area contributed by atoms with Crippen molar-refractivity contribution in [3.05, 3.63) is 126 Å². The average molecular weight is 677 g/mol. The Kier molecular flexibility index (Phi) is 14.2. The summed E-state index contributed by atoms with van der Waals surface area (Å²) < 4.78 is 36.9. The monoisotopic (exact) mass is 676 g/mol. The number of ether oxygens (including phenoxy) is 1. The van der Waals surface area contributed by atoms with Crippen LogP contribution in [0.15, 0.2) is 109 Å². The number of urea groups is 1. The van der Waals surface area contributed by atoms with Gasteiger partial charge in [-0.1, -0.05) is 84.9 Å². The number of rotatable bonds is 12. The van der Waals surface area contributed by atoms with Crippen molar-refractivity contribution in [2.24, 2.45) is 0 Å². The van der Waals surface area contributed by atoms with Gasteiger partial charge in [0.1, 0.15) is 0 Å². The number of hydrogen-bond acceptors (Lipinski definition) is 5. The van der Waals surface area contributed by atoms with E-state index in [-0.39, 0.29) is 12.1 Å². The number of methoxy groups -OCH3 is 1. The largest absolute Gasteiger partial charge is 0.490 e. The maximum absolute atomic E-state index is 13.7. The van der Waals surface area contributed by atoms with Crippen LogP contribution in [0.1, 0.15) is 29.5 Å². The molecule has 1 heterocycles. The molecule has 1 aliphatic rings. The molecule has 4 aromatic carbocycles. The number of carboxylic acids is 1. The summed E-state index contributed by atoms with van der Waals surface area (Å²) in [5.74, 6) is -2.76. The molecular formula is C38H43F3N4O4. The van der Waals surface area contributed by atoms with Gasteiger partial charge in [0.2, 0.25) is 0 Å². The van der Waals surface area contributed by atoms with Crippen LogP contribution in [0.2, 0.25) is 0 Å². The van der Waals surface area contributed by atoms with Gasteiger partial charge in [-0.25, -0.2) is 9.59 Å². The first kappa shape index (κ1) is 37.1. The van der Waals surface area contributed by atoms with Crippen molar-refractivity contribution in [2.75, 3.05) is 38.7 Å². The molecule has 0 radical (unpaired) electrons. The highest BCUT2D eigenvalue weighted by molar-refractivity contribution is 5.89. The van der Waals surface area contributed by atoms with Crippen molar-refractivity contribution in [1.29, 1.82) is 0 Å². The molecule has 260 valence electrons. The number of amides is 2. The summed E-state index contributed by atoms with van der Waals surface area (Å²) in [6.07, 6.45) is -3.18. The van der Waals surface area contributed by atoms with Crippen molar-refractivity contribution >= 4 is 17.7 Å². The molecule has 1 saturated heterocycles. The van der Waals surface area contributed by atoms with Crippen LogP contribution in [0, 0.1) is 0 Å². The van der Waals surface area contributed by atoms with E-state index in [1.807, 2.05) is 35.2 Å². The molecule has 5 rings (SSSR count). The van der Waals surface area contributed by atoms with Crippen LogP contribution in [0.3, 0.4) is 0 Å². The summed E-state index contributed by atoms with van der Waals surface area (Å²) >= 11 is 0. The second-order valence-electron chi connectivity index (χ2n) is 11.8. The molecule has 0 unspecified atom stereocenters. The Morgan fingerprint density at radius 2 is 1.39 bits per heavy atom. The van der Waals surface area contributed by atoms with Crippen LogP contribution in [0.25, 0.3) is 11.1 Å². The predicted molar refractivity (Wildman–Crippen MR) is 185 cm³/mol. The van der Waals surface area contributed by atoms with Crippen LogP contribution < -0.4 is 10.6 Å². The van der Waals surface area contributed by atoms with Gasteiger partial charge in [0.05, 0.1) is 6.61 Å². The molecule has 0 spiro atoms. The Balaban J connectivity index is 0.000000698. The van der Waals surface area contributed by atoms with E-state index < -0.39 is 12.1 Å². The van der Waals surface area contributed by atoms with E-state index >= 15 is 0 Å². The fraction of sp³-hybridized carbons (Fsp3) is 0.316. The molecule has 0 atom stereocenters. The van der Waals surface area contributed by atoms with Crippen LogP contribution in [0.4, 0.5) is 23.7 Å². The van der Waals surface area contributed by atoms with Gasteiger partial charge in [-0.05, 0) is 64.9 Å². The number of para-hydroxylation sites is 1. The first-order chi connectivity index (χ1) is 23.6. The lowest BCUT2D eigenvalue weighted by Gasteiger charge is -2.38. The maximum Gasteiger partial charge on any atom is 0.490 e. The summed E-state index contributed by atoms with van der Waals surface area (Å²) in [4.78, 5) is 27.2. The molecule has 2 amide bonds. The smallest absolute Gasteiger partial charge is 0.475 e. The van der Waals surface area contributed by atoms with Crippen molar-refractivity contribution in [3.8, 4) is 11.1 Å². The zero-order chi connectivity index (χ0) is 35.1. The molecule has 0 aliphatic carbocycles. The number of halogens is 3. The molecule has 4 aromatic rings. The number of carbonyl (C=O) groups excluding carboxylic acids is 1. The Morgan fingerprint density at radius 1 is 0.837 bits per heavy atom. The highest BCUT2D eigenvalue weighted by Crippen LogP contribution is 2.26. The van der Waals surface area contributed by atoms with E-state index in [0.29, 0.717) is 13.2 Å². The number of benzene rings is 4. The first-order valence-corrected chi connectivity index (χ1v) is 16.2. The Hall–Kier alpha value is -4.71. The molecule has 11 heteroatoms. The van der Waals surface area contributed by atoms with Gasteiger partial charge in [0, 0.05) is 58.1 Å². The minimum Gasteiger partial charge on any atom is -0.475 e. The summed E-state index contributed by atoms with van der Waals surface area (Å²) in [6, 6.07) is 37.8. The third kappa shape index (κ3) is 12.4. The summed E-state index contributed by atoms with van der Waals surface area (Å²) in [5, 5.41) is 13.7. The fourth-order valence-corrected chi connectivity index (χ4v) is 5.63. The molecule has 49 heavy (non-hydrogen) atoms. The zero-order valence-electron chi connectivity index (χ0n) is 27.5. The highest BCUT2D eigenvalue weighted by atomic mass is 19.4. The first-order valence-electron chi connectivity index (χ1n) is 16.2. The number of hydrogen-bond donors (Lipinski definition) is 3. The SMILES string of the molecule is COCCNCc1cccc(-c2cccc(CN(C(=O)Nc3ccccc3)C3CCN(Cc4ccccc4)CC3)c2)c1.O=C(O)C(F)(F)F. The third-order valence-corrected chi connectivity index (χ3v) is 8.13. The molecule has 1 fully saturated rings. The van der Waals surface area contributed by atoms with E-state index in [9.17, 15) is 18.0 Å². The van der Waals surface area contributed by atoms with E-state index in [2.05, 4.69) is 94.4 Å². The molecule has 8 nitrogen and oxygen atoms in total. The normalized spacial score (nSPS) is 13.6. The summed E-state index contributed by atoms with van der Waals surface area (Å²) in [6.45, 7) is 5.78. The number of nitrogens with one attached hydrogen (secondary N) is 2. The molecule has 3 N–H and O–H groups in total. The molecule has 0 aromatic heterocycles. The standard InChI is InChI=1S/C36H42N4O2.C2HF3O2/c1-42-23-20-37-26-30-12-8-14-32(24-30)33-15-9-13-31(25-33)28-40(36(41)38-34-16-6-3-7-17-34)35-18-21-39(22-19-35)27-29-10-4-2-5-11-29;3-2(4,5)1(6)7/h2-17,24-25,35,37H,18-23,26-28H2,1H3,(H,38,41);(H,6,7). The van der Waals surface area contributed by atoms with E-state index in [4.69, 9.17) is 14.6 Å². The summed E-state index contributed by atoms with van der Waals surface area (Å²) in [7, 11) is 1.72. The van der Waals surface area contributed by atoms with Gasteiger partial charge in [-0.3, -0.25) is 4.90 Å². The van der Waals surface area contributed by atoms with Crippen molar-refractivity contribution in [2.45, 2.75) is 44.7 Å². The summed E-state index contributed by atoms with van der Waals surface area (Å²) in [5.41, 5.74) is 6.86. The molecule has 1 aliphatic heterocycles. The lowest BCUT2D eigenvalue weighted by Crippen LogP contribution is -2.48. The van der Waals surface area contributed by atoms with E-state index in [0.717, 1.165) is 62.4 Å².